The molecule has 0 radical (unpaired) electrons. The third-order valence-corrected chi connectivity index (χ3v) is 4.02. The molecule has 0 fully saturated rings. The molecule has 3 rings (SSSR count). The number of nitrogen functional groups attached to an aromatic ring is 1. The standard InChI is InChI=1S/C14H11ClN4OS/c15-9-3-1-2-4-10(9)17-13(20)19-14-18-11-6-5-8(16)7-12(11)21-14/h1-7H,16H2,(H2,17,18,19,20). The number of hydrogen-bond acceptors (Lipinski definition) is 4. The Morgan fingerprint density at radius 1 is 1.19 bits per heavy atom. The molecule has 0 aliphatic heterocycles. The molecule has 3 aromatic rings. The number of anilines is 3. The molecular weight excluding hydrogens is 308 g/mol. The van der Waals surface area contributed by atoms with E-state index >= 15 is 0 Å². The molecule has 0 aliphatic rings. The molecule has 4 N–H and O–H groups in total. The van der Waals surface area contributed by atoms with E-state index in [-0.39, 0.29) is 0 Å². The number of aromatic nitrogens is 1. The van der Waals surface area contributed by atoms with Crippen molar-refractivity contribution in [2.24, 2.45) is 0 Å². The Kier molecular flexibility index (Phi) is 3.64. The molecule has 106 valence electrons. The zero-order valence-electron chi connectivity index (χ0n) is 10.8. The first-order valence-electron chi connectivity index (χ1n) is 6.10. The van der Waals surface area contributed by atoms with Crippen LogP contribution in [0.4, 0.5) is 21.3 Å². The van der Waals surface area contributed by atoms with Crippen LogP contribution >= 0.6 is 22.9 Å². The first-order valence-corrected chi connectivity index (χ1v) is 7.30. The van der Waals surface area contributed by atoms with Crippen LogP contribution in [0.2, 0.25) is 5.02 Å². The van der Waals surface area contributed by atoms with Crippen LogP contribution < -0.4 is 16.4 Å². The summed E-state index contributed by atoms with van der Waals surface area (Å²) >= 11 is 7.34. The number of thiazole rings is 1. The van der Waals surface area contributed by atoms with Crippen molar-refractivity contribution < 1.29 is 4.79 Å². The van der Waals surface area contributed by atoms with Gasteiger partial charge in [-0.2, -0.15) is 0 Å². The average molecular weight is 319 g/mol. The number of fused-ring (bicyclic) bond motifs is 1. The van der Waals surface area contributed by atoms with Gasteiger partial charge in [0.15, 0.2) is 5.13 Å². The molecule has 0 saturated carbocycles. The van der Waals surface area contributed by atoms with Crippen LogP contribution in [-0.2, 0) is 0 Å². The first-order chi connectivity index (χ1) is 10.1. The normalized spacial score (nSPS) is 10.5. The van der Waals surface area contributed by atoms with Crippen molar-refractivity contribution in [1.82, 2.24) is 4.98 Å². The van der Waals surface area contributed by atoms with Gasteiger partial charge in [0.1, 0.15) is 0 Å². The van der Waals surface area contributed by atoms with Crippen molar-refractivity contribution in [3.63, 3.8) is 0 Å². The van der Waals surface area contributed by atoms with Crippen LogP contribution in [0.25, 0.3) is 10.2 Å². The topological polar surface area (TPSA) is 80.0 Å². The lowest BCUT2D eigenvalue weighted by Crippen LogP contribution is -2.19. The van der Waals surface area contributed by atoms with Gasteiger partial charge in [0.2, 0.25) is 0 Å². The Labute approximate surface area is 129 Å². The average Bonchev–Trinajstić information content (AvgIpc) is 2.82. The molecule has 0 bridgehead atoms. The minimum atomic E-state index is -0.393. The Bertz CT molecular complexity index is 818. The van der Waals surface area contributed by atoms with E-state index in [1.165, 1.54) is 11.3 Å². The van der Waals surface area contributed by atoms with E-state index in [0.29, 0.717) is 21.5 Å². The summed E-state index contributed by atoms with van der Waals surface area (Å²) in [7, 11) is 0. The number of hydrogen-bond donors (Lipinski definition) is 3. The van der Waals surface area contributed by atoms with Gasteiger partial charge in [0.05, 0.1) is 20.9 Å². The van der Waals surface area contributed by atoms with E-state index in [4.69, 9.17) is 17.3 Å². The van der Waals surface area contributed by atoms with Gasteiger partial charge < -0.3 is 11.1 Å². The Balaban J connectivity index is 1.75. The molecule has 0 unspecified atom stereocenters. The molecule has 0 spiro atoms. The Morgan fingerprint density at radius 2 is 2.00 bits per heavy atom. The van der Waals surface area contributed by atoms with Gasteiger partial charge in [-0.25, -0.2) is 9.78 Å². The van der Waals surface area contributed by atoms with E-state index in [1.807, 2.05) is 12.1 Å². The van der Waals surface area contributed by atoms with Crippen LogP contribution in [0.5, 0.6) is 0 Å². The van der Waals surface area contributed by atoms with E-state index < -0.39 is 6.03 Å². The molecule has 1 aromatic heterocycles. The number of para-hydroxylation sites is 1. The minimum Gasteiger partial charge on any atom is -0.399 e. The summed E-state index contributed by atoms with van der Waals surface area (Å²) in [5.41, 5.74) is 7.72. The van der Waals surface area contributed by atoms with Gasteiger partial charge in [-0.1, -0.05) is 35.1 Å². The van der Waals surface area contributed by atoms with Crippen LogP contribution in [0.1, 0.15) is 0 Å². The van der Waals surface area contributed by atoms with Crippen molar-refractivity contribution in [1.29, 1.82) is 0 Å². The fourth-order valence-electron chi connectivity index (χ4n) is 1.81. The van der Waals surface area contributed by atoms with E-state index in [0.717, 1.165) is 10.2 Å². The van der Waals surface area contributed by atoms with Crippen molar-refractivity contribution in [3.8, 4) is 0 Å². The number of nitrogens with two attached hydrogens (primary N) is 1. The number of nitrogens with zero attached hydrogens (tertiary/aromatic N) is 1. The van der Waals surface area contributed by atoms with Crippen molar-refractivity contribution >= 4 is 55.7 Å². The number of urea groups is 1. The second-order valence-electron chi connectivity index (χ2n) is 4.31. The molecule has 2 amide bonds. The summed E-state index contributed by atoms with van der Waals surface area (Å²) in [5, 5.41) is 6.34. The number of nitrogens with one attached hydrogen (secondary N) is 2. The van der Waals surface area contributed by atoms with Crippen molar-refractivity contribution in [3.05, 3.63) is 47.5 Å². The van der Waals surface area contributed by atoms with Gasteiger partial charge >= 0.3 is 6.03 Å². The van der Waals surface area contributed by atoms with Crippen LogP contribution in [-0.4, -0.2) is 11.0 Å². The predicted octanol–water partition coefficient (Wildman–Crippen LogP) is 4.18. The molecule has 21 heavy (non-hydrogen) atoms. The maximum absolute atomic E-state index is 11.9. The quantitative estimate of drug-likeness (QED) is 0.620. The third-order valence-electron chi connectivity index (χ3n) is 2.76. The summed E-state index contributed by atoms with van der Waals surface area (Å²) in [6.45, 7) is 0. The molecule has 2 aromatic carbocycles. The summed E-state index contributed by atoms with van der Waals surface area (Å²) in [5.74, 6) is 0. The zero-order valence-corrected chi connectivity index (χ0v) is 12.3. The summed E-state index contributed by atoms with van der Waals surface area (Å²) in [6.07, 6.45) is 0. The number of carbonyl (C=O) groups excluding carboxylic acids is 1. The summed E-state index contributed by atoms with van der Waals surface area (Å²) < 4.78 is 0.919. The number of halogens is 1. The second kappa shape index (κ2) is 5.59. The SMILES string of the molecule is Nc1ccc2nc(NC(=O)Nc3ccccc3Cl)sc2c1. The van der Waals surface area contributed by atoms with Crippen LogP contribution in [0.15, 0.2) is 42.5 Å². The van der Waals surface area contributed by atoms with E-state index in [9.17, 15) is 4.79 Å². The smallest absolute Gasteiger partial charge is 0.325 e. The van der Waals surface area contributed by atoms with Gasteiger partial charge in [0.25, 0.3) is 0 Å². The van der Waals surface area contributed by atoms with Gasteiger partial charge in [-0.15, -0.1) is 0 Å². The van der Waals surface area contributed by atoms with Gasteiger partial charge in [-0.05, 0) is 30.3 Å². The Hall–Kier alpha value is -2.31. The molecule has 1 heterocycles. The molecule has 5 nitrogen and oxygen atoms in total. The summed E-state index contributed by atoms with van der Waals surface area (Å²) in [4.78, 5) is 16.3. The molecule has 0 saturated heterocycles. The highest BCUT2D eigenvalue weighted by atomic mass is 35.5. The Morgan fingerprint density at radius 3 is 2.81 bits per heavy atom. The number of carbonyl (C=O) groups is 1. The highest BCUT2D eigenvalue weighted by molar-refractivity contribution is 7.22. The molecular formula is C14H11ClN4OS. The highest BCUT2D eigenvalue weighted by Gasteiger charge is 2.09. The maximum Gasteiger partial charge on any atom is 0.325 e. The summed E-state index contributed by atoms with van der Waals surface area (Å²) in [6, 6.07) is 12.0. The minimum absolute atomic E-state index is 0.393. The van der Waals surface area contributed by atoms with Gasteiger partial charge in [0, 0.05) is 5.69 Å². The lowest BCUT2D eigenvalue weighted by Gasteiger charge is -2.06. The highest BCUT2D eigenvalue weighted by Crippen LogP contribution is 2.28. The first kappa shape index (κ1) is 13.7. The van der Waals surface area contributed by atoms with Crippen molar-refractivity contribution in [2.45, 2.75) is 0 Å². The fraction of sp³-hybridized carbons (Fsp3) is 0. The number of amides is 2. The predicted molar refractivity (Wildman–Crippen MR) is 88.1 cm³/mol. The van der Waals surface area contributed by atoms with Crippen molar-refractivity contribution in [2.75, 3.05) is 16.4 Å². The zero-order chi connectivity index (χ0) is 14.8. The second-order valence-corrected chi connectivity index (χ2v) is 5.74. The fourth-order valence-corrected chi connectivity index (χ4v) is 2.90. The molecule has 0 atom stereocenters. The lowest BCUT2D eigenvalue weighted by molar-refractivity contribution is 0.262. The largest absolute Gasteiger partial charge is 0.399 e. The van der Waals surface area contributed by atoms with Crippen LogP contribution in [0.3, 0.4) is 0 Å². The van der Waals surface area contributed by atoms with E-state index in [2.05, 4.69) is 15.6 Å². The van der Waals surface area contributed by atoms with Gasteiger partial charge in [-0.3, -0.25) is 5.32 Å². The molecule has 7 heteroatoms. The maximum atomic E-state index is 11.9. The number of rotatable bonds is 2. The monoisotopic (exact) mass is 318 g/mol. The lowest BCUT2D eigenvalue weighted by atomic mass is 10.3. The number of benzene rings is 2. The van der Waals surface area contributed by atoms with Crippen LogP contribution in [0, 0.1) is 0 Å². The third kappa shape index (κ3) is 3.07. The van der Waals surface area contributed by atoms with E-state index in [1.54, 1.807) is 30.3 Å². The molecule has 0 aliphatic carbocycles.